The SMILES string of the molecule is CCC(O)CNc1nccc2cc3c(cc12)OCO3. The van der Waals surface area contributed by atoms with Gasteiger partial charge in [0.1, 0.15) is 5.82 Å². The summed E-state index contributed by atoms with van der Waals surface area (Å²) in [4.78, 5) is 4.32. The topological polar surface area (TPSA) is 63.6 Å². The van der Waals surface area contributed by atoms with Crippen molar-refractivity contribution < 1.29 is 14.6 Å². The maximum atomic E-state index is 9.61. The van der Waals surface area contributed by atoms with Gasteiger partial charge in [-0.15, -0.1) is 0 Å². The molecule has 100 valence electrons. The van der Waals surface area contributed by atoms with Crippen LogP contribution in [0.15, 0.2) is 24.4 Å². The summed E-state index contributed by atoms with van der Waals surface area (Å²) in [5.74, 6) is 2.25. The summed E-state index contributed by atoms with van der Waals surface area (Å²) in [7, 11) is 0. The van der Waals surface area contributed by atoms with E-state index in [1.165, 1.54) is 0 Å². The predicted octanol–water partition coefficient (Wildman–Crippen LogP) is 2.15. The van der Waals surface area contributed by atoms with E-state index in [2.05, 4.69) is 10.3 Å². The highest BCUT2D eigenvalue weighted by molar-refractivity contribution is 5.94. The molecule has 1 atom stereocenters. The number of hydrogen-bond donors (Lipinski definition) is 2. The van der Waals surface area contributed by atoms with E-state index < -0.39 is 0 Å². The fourth-order valence-corrected chi connectivity index (χ4v) is 2.06. The van der Waals surface area contributed by atoms with E-state index in [-0.39, 0.29) is 12.9 Å². The fourth-order valence-electron chi connectivity index (χ4n) is 2.06. The molecule has 5 nitrogen and oxygen atoms in total. The Labute approximate surface area is 111 Å². The lowest BCUT2D eigenvalue weighted by Gasteiger charge is -2.12. The first-order chi connectivity index (χ1) is 9.28. The van der Waals surface area contributed by atoms with Crippen LogP contribution in [-0.4, -0.2) is 29.5 Å². The van der Waals surface area contributed by atoms with E-state index >= 15 is 0 Å². The lowest BCUT2D eigenvalue weighted by molar-refractivity contribution is 0.174. The molecule has 1 aromatic heterocycles. The standard InChI is InChI=1S/C14H16N2O3/c1-2-10(17)7-16-14-11-6-13-12(18-8-19-13)5-9(11)3-4-15-14/h3-6,10,17H,2,7-8H2,1H3,(H,15,16). The van der Waals surface area contributed by atoms with Gasteiger partial charge in [-0.25, -0.2) is 4.98 Å². The summed E-state index contributed by atoms with van der Waals surface area (Å²) in [6.07, 6.45) is 2.08. The fraction of sp³-hybridized carbons (Fsp3) is 0.357. The van der Waals surface area contributed by atoms with E-state index in [1.807, 2.05) is 25.1 Å². The third-order valence-corrected chi connectivity index (χ3v) is 3.23. The Morgan fingerprint density at radius 3 is 2.95 bits per heavy atom. The van der Waals surface area contributed by atoms with Crippen LogP contribution in [-0.2, 0) is 0 Å². The van der Waals surface area contributed by atoms with Crippen molar-refractivity contribution in [3.05, 3.63) is 24.4 Å². The smallest absolute Gasteiger partial charge is 0.231 e. The van der Waals surface area contributed by atoms with Crippen molar-refractivity contribution in [2.75, 3.05) is 18.7 Å². The molecule has 1 aliphatic heterocycles. The second-order valence-electron chi connectivity index (χ2n) is 4.53. The summed E-state index contributed by atoms with van der Waals surface area (Å²) < 4.78 is 10.7. The van der Waals surface area contributed by atoms with Gasteiger partial charge in [0.15, 0.2) is 11.5 Å². The number of rotatable bonds is 4. The highest BCUT2D eigenvalue weighted by Gasteiger charge is 2.16. The first kappa shape index (κ1) is 12.0. The molecule has 0 aliphatic carbocycles. The number of aliphatic hydroxyl groups is 1. The lowest BCUT2D eigenvalue weighted by atomic mass is 10.1. The van der Waals surface area contributed by atoms with Gasteiger partial charge in [0, 0.05) is 18.1 Å². The van der Waals surface area contributed by atoms with Gasteiger partial charge in [-0.3, -0.25) is 0 Å². The number of nitrogens with one attached hydrogen (secondary N) is 1. The van der Waals surface area contributed by atoms with Crippen molar-refractivity contribution in [1.82, 2.24) is 4.98 Å². The molecular weight excluding hydrogens is 244 g/mol. The Morgan fingerprint density at radius 2 is 2.16 bits per heavy atom. The molecule has 0 saturated carbocycles. The maximum absolute atomic E-state index is 9.61. The normalized spacial score (nSPS) is 14.6. The number of ether oxygens (including phenoxy) is 2. The van der Waals surface area contributed by atoms with Crippen LogP contribution >= 0.6 is 0 Å². The van der Waals surface area contributed by atoms with E-state index in [0.29, 0.717) is 13.0 Å². The summed E-state index contributed by atoms with van der Waals surface area (Å²) in [5.41, 5.74) is 0. The number of nitrogens with zero attached hydrogens (tertiary/aromatic N) is 1. The van der Waals surface area contributed by atoms with Crippen LogP contribution in [0.25, 0.3) is 10.8 Å². The highest BCUT2D eigenvalue weighted by atomic mass is 16.7. The van der Waals surface area contributed by atoms with Gasteiger partial charge in [0.2, 0.25) is 6.79 Å². The zero-order valence-corrected chi connectivity index (χ0v) is 10.7. The average Bonchev–Trinajstić information content (AvgIpc) is 2.89. The number of pyridine rings is 1. The number of aliphatic hydroxyl groups excluding tert-OH is 1. The molecule has 0 saturated heterocycles. The molecule has 2 N–H and O–H groups in total. The Hall–Kier alpha value is -2.01. The first-order valence-electron chi connectivity index (χ1n) is 6.38. The largest absolute Gasteiger partial charge is 0.454 e. The summed E-state index contributed by atoms with van der Waals surface area (Å²) in [6, 6.07) is 5.80. The summed E-state index contributed by atoms with van der Waals surface area (Å²) >= 11 is 0. The van der Waals surface area contributed by atoms with Crippen molar-refractivity contribution in [2.24, 2.45) is 0 Å². The van der Waals surface area contributed by atoms with E-state index in [4.69, 9.17) is 9.47 Å². The Morgan fingerprint density at radius 1 is 1.37 bits per heavy atom. The molecule has 2 heterocycles. The molecule has 1 unspecified atom stereocenters. The molecule has 0 amide bonds. The third kappa shape index (κ3) is 2.29. The second kappa shape index (κ2) is 4.93. The highest BCUT2D eigenvalue weighted by Crippen LogP contribution is 2.37. The molecule has 0 fully saturated rings. The predicted molar refractivity (Wildman–Crippen MR) is 72.7 cm³/mol. The number of benzene rings is 1. The third-order valence-electron chi connectivity index (χ3n) is 3.23. The van der Waals surface area contributed by atoms with Gasteiger partial charge in [0.05, 0.1) is 6.10 Å². The van der Waals surface area contributed by atoms with E-state index in [9.17, 15) is 5.11 Å². The molecule has 1 aromatic carbocycles. The van der Waals surface area contributed by atoms with Crippen LogP contribution in [0.5, 0.6) is 11.5 Å². The maximum Gasteiger partial charge on any atom is 0.231 e. The van der Waals surface area contributed by atoms with Crippen molar-refractivity contribution in [1.29, 1.82) is 0 Å². The minimum Gasteiger partial charge on any atom is -0.454 e. The monoisotopic (exact) mass is 260 g/mol. The van der Waals surface area contributed by atoms with Gasteiger partial charge in [0.25, 0.3) is 0 Å². The molecular formula is C14H16N2O3. The first-order valence-corrected chi connectivity index (χ1v) is 6.38. The molecule has 3 rings (SSSR count). The minimum absolute atomic E-state index is 0.260. The molecule has 2 aromatic rings. The number of fused-ring (bicyclic) bond motifs is 2. The Bertz CT molecular complexity index is 601. The van der Waals surface area contributed by atoms with Crippen molar-refractivity contribution in [2.45, 2.75) is 19.4 Å². The minimum atomic E-state index is -0.369. The van der Waals surface area contributed by atoms with Crippen LogP contribution in [0.4, 0.5) is 5.82 Å². The number of hydrogen-bond acceptors (Lipinski definition) is 5. The van der Waals surface area contributed by atoms with Crippen LogP contribution in [0, 0.1) is 0 Å². The Kier molecular flexibility index (Phi) is 3.13. The van der Waals surface area contributed by atoms with Crippen molar-refractivity contribution in [3.63, 3.8) is 0 Å². The zero-order chi connectivity index (χ0) is 13.2. The lowest BCUT2D eigenvalue weighted by Crippen LogP contribution is -2.18. The van der Waals surface area contributed by atoms with Crippen molar-refractivity contribution in [3.8, 4) is 11.5 Å². The molecule has 0 bridgehead atoms. The molecule has 5 heteroatoms. The molecule has 0 radical (unpaired) electrons. The molecule has 0 spiro atoms. The Balaban J connectivity index is 1.96. The molecule has 19 heavy (non-hydrogen) atoms. The zero-order valence-electron chi connectivity index (χ0n) is 10.7. The van der Waals surface area contributed by atoms with Gasteiger partial charge >= 0.3 is 0 Å². The van der Waals surface area contributed by atoms with Crippen LogP contribution in [0.2, 0.25) is 0 Å². The van der Waals surface area contributed by atoms with Crippen molar-refractivity contribution >= 4 is 16.6 Å². The van der Waals surface area contributed by atoms with Gasteiger partial charge in [-0.1, -0.05) is 6.92 Å². The second-order valence-corrected chi connectivity index (χ2v) is 4.53. The summed E-state index contributed by atoms with van der Waals surface area (Å²) in [6.45, 7) is 2.69. The van der Waals surface area contributed by atoms with E-state index in [0.717, 1.165) is 28.1 Å². The summed E-state index contributed by atoms with van der Waals surface area (Å²) in [5, 5.41) is 14.8. The van der Waals surface area contributed by atoms with Crippen LogP contribution < -0.4 is 14.8 Å². The quantitative estimate of drug-likeness (QED) is 0.881. The van der Waals surface area contributed by atoms with Crippen LogP contribution in [0.1, 0.15) is 13.3 Å². The van der Waals surface area contributed by atoms with Gasteiger partial charge in [-0.2, -0.15) is 0 Å². The van der Waals surface area contributed by atoms with Gasteiger partial charge in [-0.05, 0) is 30.0 Å². The number of anilines is 1. The van der Waals surface area contributed by atoms with Gasteiger partial charge < -0.3 is 19.9 Å². The average molecular weight is 260 g/mol. The molecule has 1 aliphatic rings. The van der Waals surface area contributed by atoms with Crippen LogP contribution in [0.3, 0.4) is 0 Å². The number of aromatic nitrogens is 1. The van der Waals surface area contributed by atoms with E-state index in [1.54, 1.807) is 6.20 Å².